The molecule has 0 amide bonds. The van der Waals surface area contributed by atoms with Crippen LogP contribution >= 0.6 is 0 Å². The fraction of sp³-hybridized carbons (Fsp3) is 1.00. The molecule has 0 radical (unpaired) electrons. The van der Waals surface area contributed by atoms with E-state index in [9.17, 15) is 5.11 Å². The Kier molecular flexibility index (Phi) is 6.40. The predicted molar refractivity (Wildman–Crippen MR) is 58.8 cm³/mol. The molecule has 0 saturated heterocycles. The van der Waals surface area contributed by atoms with E-state index < -0.39 is 0 Å². The van der Waals surface area contributed by atoms with E-state index >= 15 is 0 Å². The number of aliphatic hydroxyl groups is 1. The fourth-order valence-corrected chi connectivity index (χ4v) is 2.03. The van der Waals surface area contributed by atoms with Gasteiger partial charge in [0, 0.05) is 0 Å². The van der Waals surface area contributed by atoms with E-state index in [0.29, 0.717) is 5.41 Å². The number of rotatable bonds is 7. The van der Waals surface area contributed by atoms with E-state index in [1.807, 2.05) is 0 Å². The summed E-state index contributed by atoms with van der Waals surface area (Å²) in [5.41, 5.74) is 0.364. The van der Waals surface area contributed by atoms with Gasteiger partial charge in [-0.2, -0.15) is 0 Å². The van der Waals surface area contributed by atoms with Crippen molar-refractivity contribution in [2.24, 2.45) is 5.41 Å². The molecule has 0 saturated carbocycles. The SMILES string of the molecule is CCCC(O)CC(C)(CC)CCC. The zero-order valence-corrected chi connectivity index (χ0v) is 9.77. The Balaban J connectivity index is 3.93. The first kappa shape index (κ1) is 13.0. The molecule has 2 unspecified atom stereocenters. The summed E-state index contributed by atoms with van der Waals surface area (Å²) in [6.45, 7) is 8.89. The summed E-state index contributed by atoms with van der Waals surface area (Å²) >= 11 is 0. The summed E-state index contributed by atoms with van der Waals surface area (Å²) in [4.78, 5) is 0. The summed E-state index contributed by atoms with van der Waals surface area (Å²) in [5.74, 6) is 0. The topological polar surface area (TPSA) is 20.2 Å². The molecule has 0 fully saturated rings. The normalized spacial score (nSPS) is 18.2. The monoisotopic (exact) mass is 186 g/mol. The maximum absolute atomic E-state index is 9.74. The summed E-state index contributed by atoms with van der Waals surface area (Å²) in [5, 5.41) is 9.74. The van der Waals surface area contributed by atoms with Crippen LogP contribution < -0.4 is 0 Å². The molecule has 1 nitrogen and oxygen atoms in total. The first-order valence-electron chi connectivity index (χ1n) is 5.76. The summed E-state index contributed by atoms with van der Waals surface area (Å²) in [7, 11) is 0. The van der Waals surface area contributed by atoms with Crippen LogP contribution in [0.1, 0.15) is 66.2 Å². The second-order valence-electron chi connectivity index (χ2n) is 4.56. The third kappa shape index (κ3) is 5.30. The van der Waals surface area contributed by atoms with Crippen molar-refractivity contribution >= 4 is 0 Å². The van der Waals surface area contributed by atoms with Gasteiger partial charge in [0.2, 0.25) is 0 Å². The van der Waals surface area contributed by atoms with Crippen LogP contribution in [0.25, 0.3) is 0 Å². The van der Waals surface area contributed by atoms with Crippen molar-refractivity contribution in [3.8, 4) is 0 Å². The quantitative estimate of drug-likeness (QED) is 0.642. The molecule has 0 rings (SSSR count). The Morgan fingerprint density at radius 3 is 2.15 bits per heavy atom. The molecule has 13 heavy (non-hydrogen) atoms. The Hall–Kier alpha value is -0.0400. The van der Waals surface area contributed by atoms with Crippen molar-refractivity contribution in [3.63, 3.8) is 0 Å². The standard InChI is InChI=1S/C12H26O/c1-5-8-11(13)10-12(4,7-3)9-6-2/h11,13H,5-10H2,1-4H3. The lowest BCUT2D eigenvalue weighted by Crippen LogP contribution is -2.22. The van der Waals surface area contributed by atoms with Gasteiger partial charge in [-0.15, -0.1) is 0 Å². The molecule has 0 aliphatic rings. The molecular formula is C12H26O. The van der Waals surface area contributed by atoms with Gasteiger partial charge in [-0.1, -0.05) is 47.0 Å². The zero-order chi connectivity index (χ0) is 10.3. The van der Waals surface area contributed by atoms with Crippen LogP contribution in [0.3, 0.4) is 0 Å². The number of aliphatic hydroxyl groups excluding tert-OH is 1. The van der Waals surface area contributed by atoms with E-state index in [-0.39, 0.29) is 6.10 Å². The smallest absolute Gasteiger partial charge is 0.0545 e. The second kappa shape index (κ2) is 6.42. The Morgan fingerprint density at radius 2 is 1.77 bits per heavy atom. The van der Waals surface area contributed by atoms with E-state index in [1.165, 1.54) is 19.3 Å². The summed E-state index contributed by atoms with van der Waals surface area (Å²) in [6, 6.07) is 0. The first-order chi connectivity index (χ1) is 6.08. The largest absolute Gasteiger partial charge is 0.393 e. The average molecular weight is 186 g/mol. The highest BCUT2D eigenvalue weighted by Gasteiger charge is 2.23. The van der Waals surface area contributed by atoms with Gasteiger partial charge in [0.25, 0.3) is 0 Å². The van der Waals surface area contributed by atoms with Crippen molar-refractivity contribution in [2.75, 3.05) is 0 Å². The van der Waals surface area contributed by atoms with Crippen LogP contribution in [0.2, 0.25) is 0 Å². The van der Waals surface area contributed by atoms with Gasteiger partial charge in [-0.05, 0) is 24.7 Å². The third-order valence-corrected chi connectivity index (χ3v) is 3.06. The van der Waals surface area contributed by atoms with Gasteiger partial charge >= 0.3 is 0 Å². The summed E-state index contributed by atoms with van der Waals surface area (Å²) in [6.07, 6.45) is 6.59. The van der Waals surface area contributed by atoms with Crippen LogP contribution in [-0.4, -0.2) is 11.2 Å². The van der Waals surface area contributed by atoms with E-state index in [2.05, 4.69) is 27.7 Å². The van der Waals surface area contributed by atoms with Crippen molar-refractivity contribution < 1.29 is 5.11 Å². The Bertz CT molecular complexity index is 122. The molecule has 0 aliphatic heterocycles. The molecule has 0 bridgehead atoms. The van der Waals surface area contributed by atoms with Crippen LogP contribution in [0.4, 0.5) is 0 Å². The lowest BCUT2D eigenvalue weighted by Gasteiger charge is -2.30. The second-order valence-corrected chi connectivity index (χ2v) is 4.56. The van der Waals surface area contributed by atoms with Gasteiger partial charge in [-0.25, -0.2) is 0 Å². The van der Waals surface area contributed by atoms with Crippen LogP contribution in [0.5, 0.6) is 0 Å². The molecule has 0 aliphatic carbocycles. The van der Waals surface area contributed by atoms with E-state index in [1.54, 1.807) is 0 Å². The highest BCUT2D eigenvalue weighted by Crippen LogP contribution is 2.33. The maximum atomic E-state index is 9.74. The highest BCUT2D eigenvalue weighted by molar-refractivity contribution is 4.75. The van der Waals surface area contributed by atoms with Crippen molar-refractivity contribution in [1.82, 2.24) is 0 Å². The molecule has 1 N–H and O–H groups in total. The minimum atomic E-state index is -0.0819. The molecule has 80 valence electrons. The highest BCUT2D eigenvalue weighted by atomic mass is 16.3. The van der Waals surface area contributed by atoms with Gasteiger partial charge in [0.05, 0.1) is 6.10 Å². The molecule has 0 aromatic carbocycles. The third-order valence-electron chi connectivity index (χ3n) is 3.06. The zero-order valence-electron chi connectivity index (χ0n) is 9.77. The van der Waals surface area contributed by atoms with Gasteiger partial charge in [-0.3, -0.25) is 0 Å². The predicted octanol–water partition coefficient (Wildman–Crippen LogP) is 3.75. The van der Waals surface area contributed by atoms with Crippen molar-refractivity contribution in [1.29, 1.82) is 0 Å². The van der Waals surface area contributed by atoms with Crippen LogP contribution in [0.15, 0.2) is 0 Å². The minimum absolute atomic E-state index is 0.0819. The first-order valence-corrected chi connectivity index (χ1v) is 5.76. The lowest BCUT2D eigenvalue weighted by atomic mass is 9.77. The van der Waals surface area contributed by atoms with Crippen molar-refractivity contribution in [3.05, 3.63) is 0 Å². The van der Waals surface area contributed by atoms with E-state index in [4.69, 9.17) is 0 Å². The molecule has 0 aromatic rings. The van der Waals surface area contributed by atoms with Crippen molar-refractivity contribution in [2.45, 2.75) is 72.3 Å². The van der Waals surface area contributed by atoms with Gasteiger partial charge in [0.1, 0.15) is 0 Å². The van der Waals surface area contributed by atoms with Gasteiger partial charge in [0.15, 0.2) is 0 Å². The van der Waals surface area contributed by atoms with Crippen LogP contribution in [-0.2, 0) is 0 Å². The van der Waals surface area contributed by atoms with E-state index in [0.717, 1.165) is 19.3 Å². The number of hydrogen-bond donors (Lipinski definition) is 1. The maximum Gasteiger partial charge on any atom is 0.0545 e. The fourth-order valence-electron chi connectivity index (χ4n) is 2.03. The Morgan fingerprint density at radius 1 is 1.15 bits per heavy atom. The minimum Gasteiger partial charge on any atom is -0.393 e. The average Bonchev–Trinajstić information content (AvgIpc) is 2.05. The summed E-state index contributed by atoms with van der Waals surface area (Å²) < 4.78 is 0. The molecule has 0 spiro atoms. The van der Waals surface area contributed by atoms with Crippen LogP contribution in [0, 0.1) is 5.41 Å². The molecule has 2 atom stereocenters. The molecule has 0 aromatic heterocycles. The molecule has 1 heteroatoms. The Labute approximate surface area is 83.5 Å². The lowest BCUT2D eigenvalue weighted by molar-refractivity contribution is 0.0896. The van der Waals surface area contributed by atoms with Gasteiger partial charge < -0.3 is 5.11 Å². The molecule has 0 heterocycles. The number of hydrogen-bond acceptors (Lipinski definition) is 1. The molecular weight excluding hydrogens is 160 g/mol.